The van der Waals surface area contributed by atoms with Crippen molar-refractivity contribution in [1.82, 2.24) is 0 Å². The minimum atomic E-state index is -1.78. The molecule has 1 unspecified atom stereocenters. The predicted octanol–water partition coefficient (Wildman–Crippen LogP) is 4.80. The number of hydrogen-bond donors (Lipinski definition) is 0. The van der Waals surface area contributed by atoms with E-state index in [1.165, 1.54) is 11.6 Å². The van der Waals surface area contributed by atoms with Crippen molar-refractivity contribution in [3.05, 3.63) is 66.8 Å². The Labute approximate surface area is 144 Å². The molecule has 0 fully saturated rings. The molecule has 1 aliphatic rings. The fraction of sp³-hybridized carbons (Fsp3) is 0.400. The maximum absolute atomic E-state index is 6.23. The van der Waals surface area contributed by atoms with Crippen molar-refractivity contribution in [2.75, 3.05) is 6.61 Å². The third kappa shape index (κ3) is 4.90. The van der Waals surface area contributed by atoms with Gasteiger partial charge in [-0.3, -0.25) is 0 Å². The largest absolute Gasteiger partial charge is 0.409 e. The van der Waals surface area contributed by atoms with E-state index in [-0.39, 0.29) is 0 Å². The summed E-state index contributed by atoms with van der Waals surface area (Å²) in [5.74, 6) is 0. The Morgan fingerprint density at radius 1 is 1.13 bits per heavy atom. The van der Waals surface area contributed by atoms with Crippen LogP contribution in [0.1, 0.15) is 12.8 Å². The first kappa shape index (κ1) is 18.2. The van der Waals surface area contributed by atoms with Crippen molar-refractivity contribution >= 4 is 22.3 Å². The van der Waals surface area contributed by atoms with Crippen LogP contribution < -0.4 is 5.19 Å². The van der Waals surface area contributed by atoms with E-state index < -0.39 is 17.1 Å². The van der Waals surface area contributed by atoms with E-state index in [2.05, 4.69) is 93.0 Å². The van der Waals surface area contributed by atoms with Gasteiger partial charge < -0.3 is 4.43 Å². The van der Waals surface area contributed by atoms with Gasteiger partial charge in [0.05, 0.1) is 6.61 Å². The first-order valence-electron chi connectivity index (χ1n) is 8.65. The summed E-state index contributed by atoms with van der Waals surface area (Å²) in [4.78, 5) is 0. The van der Waals surface area contributed by atoms with Crippen LogP contribution in [0.5, 0.6) is 0 Å². The summed E-state index contributed by atoms with van der Waals surface area (Å²) in [7, 11) is -2.52. The normalized spacial score (nSPS) is 21.4. The minimum Gasteiger partial charge on any atom is -0.409 e. The van der Waals surface area contributed by atoms with Crippen molar-refractivity contribution in [3.63, 3.8) is 0 Å². The molecule has 0 spiro atoms. The number of allylic oxidation sites excluding steroid dienone is 5. The van der Waals surface area contributed by atoms with Gasteiger partial charge in [-0.05, 0) is 36.2 Å². The van der Waals surface area contributed by atoms with E-state index in [1.807, 2.05) is 0 Å². The monoisotopic (exact) mass is 342 g/mol. The van der Waals surface area contributed by atoms with Crippen LogP contribution >= 0.6 is 0 Å². The van der Waals surface area contributed by atoms with E-state index in [0.717, 1.165) is 13.0 Å². The Hall–Kier alpha value is -1.17. The first-order valence-corrected chi connectivity index (χ1v) is 14.4. The fourth-order valence-electron chi connectivity index (χ4n) is 3.05. The maximum Gasteiger partial charge on any atom is 0.218 e. The summed E-state index contributed by atoms with van der Waals surface area (Å²) in [5, 5.41) is 1.78. The average molecular weight is 343 g/mol. The van der Waals surface area contributed by atoms with Crippen LogP contribution in [-0.2, 0) is 4.43 Å². The third-order valence-electron chi connectivity index (χ3n) is 5.00. The minimum absolute atomic E-state index is 0.414. The number of rotatable bonds is 7. The molecule has 0 saturated heterocycles. The highest BCUT2D eigenvalue weighted by Crippen LogP contribution is 2.42. The van der Waals surface area contributed by atoms with Crippen molar-refractivity contribution in [2.45, 2.75) is 44.1 Å². The van der Waals surface area contributed by atoms with Crippen LogP contribution in [0, 0.1) is 0 Å². The number of benzene rings is 1. The average Bonchev–Trinajstić information content (AvgIpc) is 2.56. The van der Waals surface area contributed by atoms with Crippen molar-refractivity contribution in [1.29, 1.82) is 0 Å². The van der Waals surface area contributed by atoms with Crippen LogP contribution in [-0.4, -0.2) is 23.7 Å². The van der Waals surface area contributed by atoms with Crippen LogP contribution in [0.15, 0.2) is 66.8 Å². The molecule has 0 saturated carbocycles. The van der Waals surface area contributed by atoms with Crippen LogP contribution in [0.3, 0.4) is 0 Å². The van der Waals surface area contributed by atoms with Crippen LogP contribution in [0.2, 0.25) is 31.2 Å². The molecule has 0 radical (unpaired) electrons. The Balaban J connectivity index is 1.87. The van der Waals surface area contributed by atoms with Gasteiger partial charge in [0.2, 0.25) is 8.32 Å². The second-order valence-corrected chi connectivity index (χ2v) is 14.6. The predicted molar refractivity (Wildman–Crippen MR) is 108 cm³/mol. The van der Waals surface area contributed by atoms with E-state index in [0.29, 0.717) is 5.04 Å². The molecule has 1 atom stereocenters. The summed E-state index contributed by atoms with van der Waals surface area (Å²) < 4.78 is 6.23. The molecule has 3 heteroatoms. The van der Waals surface area contributed by atoms with Gasteiger partial charge in [0.15, 0.2) is 0 Å². The zero-order valence-corrected chi connectivity index (χ0v) is 17.1. The highest BCUT2D eigenvalue weighted by molar-refractivity contribution is 6.84. The third-order valence-corrected chi connectivity index (χ3v) is 10.6. The molecule has 0 heterocycles. The fourth-order valence-corrected chi connectivity index (χ4v) is 6.43. The van der Waals surface area contributed by atoms with Gasteiger partial charge in [0.1, 0.15) is 0 Å². The van der Waals surface area contributed by atoms with Gasteiger partial charge in [-0.15, -0.1) is 0 Å². The summed E-state index contributed by atoms with van der Waals surface area (Å²) >= 11 is 0. The summed E-state index contributed by atoms with van der Waals surface area (Å²) in [6.45, 7) is 10.2. The Bertz CT molecular complexity index is 573. The second-order valence-electron chi connectivity index (χ2n) is 7.24. The van der Waals surface area contributed by atoms with Gasteiger partial charge in [-0.1, -0.05) is 79.9 Å². The van der Waals surface area contributed by atoms with E-state index in [9.17, 15) is 0 Å². The summed E-state index contributed by atoms with van der Waals surface area (Å²) in [6, 6.07) is 10.6. The lowest BCUT2D eigenvalue weighted by molar-refractivity contribution is 0.362. The lowest BCUT2D eigenvalue weighted by atomic mass is 9.95. The molecule has 1 aliphatic carbocycles. The summed E-state index contributed by atoms with van der Waals surface area (Å²) in [6.07, 6.45) is 16.1. The van der Waals surface area contributed by atoms with Crippen LogP contribution in [0.4, 0.5) is 0 Å². The maximum atomic E-state index is 6.23. The van der Waals surface area contributed by atoms with E-state index >= 15 is 0 Å². The van der Waals surface area contributed by atoms with Crippen molar-refractivity contribution < 1.29 is 4.43 Å². The smallest absolute Gasteiger partial charge is 0.218 e. The zero-order chi connectivity index (χ0) is 16.8. The molecule has 124 valence electrons. The Morgan fingerprint density at radius 2 is 1.87 bits per heavy atom. The molecular formula is C20H30OSi2. The lowest BCUT2D eigenvalue weighted by Crippen LogP contribution is -2.44. The van der Waals surface area contributed by atoms with E-state index in [1.54, 1.807) is 0 Å². The molecule has 1 aromatic rings. The lowest BCUT2D eigenvalue weighted by Gasteiger charge is -2.34. The quantitative estimate of drug-likeness (QED) is 0.510. The van der Waals surface area contributed by atoms with Crippen LogP contribution in [0.25, 0.3) is 0 Å². The Kier molecular flexibility index (Phi) is 6.39. The SMILES string of the molecule is C[SiH](C)C1(C/C=C\CO[Si](C)(C)c2ccccc2)C=CC=CC1. The molecule has 0 aromatic heterocycles. The van der Waals surface area contributed by atoms with Gasteiger partial charge >= 0.3 is 0 Å². The highest BCUT2D eigenvalue weighted by atomic mass is 28.4. The zero-order valence-electron chi connectivity index (χ0n) is 15.0. The second kappa shape index (κ2) is 8.09. The van der Waals surface area contributed by atoms with Crippen molar-refractivity contribution in [2.24, 2.45) is 0 Å². The molecule has 0 N–H and O–H groups in total. The van der Waals surface area contributed by atoms with Gasteiger partial charge in [0, 0.05) is 8.80 Å². The molecule has 23 heavy (non-hydrogen) atoms. The molecule has 0 aliphatic heterocycles. The highest BCUT2D eigenvalue weighted by Gasteiger charge is 2.30. The molecule has 2 rings (SSSR count). The topological polar surface area (TPSA) is 9.23 Å². The van der Waals surface area contributed by atoms with Gasteiger partial charge in [-0.25, -0.2) is 0 Å². The Morgan fingerprint density at radius 3 is 2.48 bits per heavy atom. The molecule has 0 bridgehead atoms. The van der Waals surface area contributed by atoms with Crippen molar-refractivity contribution in [3.8, 4) is 0 Å². The van der Waals surface area contributed by atoms with E-state index in [4.69, 9.17) is 4.43 Å². The number of hydrogen-bond acceptors (Lipinski definition) is 1. The molecule has 1 nitrogen and oxygen atoms in total. The standard InChI is InChI=1S/C20H30OSi2/c1-22(2)20(15-9-6-10-16-20)17-11-12-18-21-23(3,4)19-13-7-5-8-14-19/h5-15,22H,16-18H2,1-4H3/b12-11-. The summed E-state index contributed by atoms with van der Waals surface area (Å²) in [5.41, 5.74) is 0. The molecular weight excluding hydrogens is 312 g/mol. The molecule has 0 amide bonds. The van der Waals surface area contributed by atoms with Gasteiger partial charge in [-0.2, -0.15) is 0 Å². The molecule has 1 aromatic carbocycles. The first-order chi connectivity index (χ1) is 11.0. The van der Waals surface area contributed by atoms with Gasteiger partial charge in [0.25, 0.3) is 0 Å².